The number of halogens is 1. The fourth-order valence-corrected chi connectivity index (χ4v) is 4.16. The van der Waals surface area contributed by atoms with Gasteiger partial charge >= 0.3 is 0 Å². The summed E-state index contributed by atoms with van der Waals surface area (Å²) in [4.78, 5) is 12.6. The molecule has 0 spiro atoms. The number of aromatic nitrogens is 1. The summed E-state index contributed by atoms with van der Waals surface area (Å²) in [5, 5.41) is 21.2. The number of ether oxygens (including phenoxy) is 1. The smallest absolute Gasteiger partial charge is 0.276 e. The van der Waals surface area contributed by atoms with Crippen molar-refractivity contribution < 1.29 is 27.4 Å². The van der Waals surface area contributed by atoms with Crippen LogP contribution in [0.4, 0.5) is 10.1 Å². The predicted molar refractivity (Wildman–Crippen MR) is 108 cm³/mol. The molecule has 1 aliphatic heterocycles. The fraction of sp³-hybridized carbons (Fsp3) is 0.300. The molecule has 3 N–H and O–H groups in total. The van der Waals surface area contributed by atoms with Crippen molar-refractivity contribution in [2.75, 3.05) is 11.9 Å². The van der Waals surface area contributed by atoms with Gasteiger partial charge in [-0.1, -0.05) is 11.8 Å². The average molecular weight is 446 g/mol. The molecule has 162 valence electrons. The zero-order valence-corrected chi connectivity index (χ0v) is 17.7. The van der Waals surface area contributed by atoms with Crippen LogP contribution in [0.25, 0.3) is 0 Å². The first-order valence-corrected chi connectivity index (χ1v) is 10.5. The number of rotatable bonds is 2. The number of hydrogen-bond acceptors (Lipinski definition) is 6. The number of sulfonamides is 1. The monoisotopic (exact) mass is 446 g/mol. The Morgan fingerprint density at radius 3 is 2.81 bits per heavy atom. The molecule has 2 aromatic rings. The van der Waals surface area contributed by atoms with Crippen LogP contribution < -0.4 is 14.8 Å². The second kappa shape index (κ2) is 8.04. The predicted octanol–water partition coefficient (Wildman–Crippen LogP) is 1.10. The number of fused-ring (bicyclic) bond motifs is 1. The van der Waals surface area contributed by atoms with Gasteiger partial charge in [0.2, 0.25) is 10.0 Å². The highest BCUT2D eigenvalue weighted by atomic mass is 32.2. The van der Waals surface area contributed by atoms with E-state index in [-0.39, 0.29) is 34.2 Å². The maximum absolute atomic E-state index is 13.5. The van der Waals surface area contributed by atoms with Crippen molar-refractivity contribution in [1.82, 2.24) is 9.29 Å². The Hall–Kier alpha value is -3.38. The molecule has 0 fully saturated rings. The number of aliphatic hydroxyl groups is 1. The van der Waals surface area contributed by atoms with Gasteiger partial charge in [0.15, 0.2) is 11.4 Å². The minimum absolute atomic E-state index is 0.0840. The molecule has 2 heterocycles. The van der Waals surface area contributed by atoms with Crippen LogP contribution in [0.1, 0.15) is 29.9 Å². The summed E-state index contributed by atoms with van der Waals surface area (Å²) >= 11 is 0. The van der Waals surface area contributed by atoms with Gasteiger partial charge < -0.3 is 19.7 Å². The van der Waals surface area contributed by atoms with E-state index in [1.54, 1.807) is 6.07 Å². The molecule has 0 bridgehead atoms. The van der Waals surface area contributed by atoms with Crippen molar-refractivity contribution in [3.8, 4) is 23.7 Å². The van der Waals surface area contributed by atoms with E-state index < -0.39 is 33.4 Å². The molecule has 0 radical (unpaired) electrons. The van der Waals surface area contributed by atoms with Crippen LogP contribution in [-0.4, -0.2) is 42.2 Å². The molecule has 3 rings (SSSR count). The van der Waals surface area contributed by atoms with Crippen LogP contribution in [-0.2, 0) is 17.1 Å². The first kappa shape index (κ1) is 22.3. The zero-order valence-electron chi connectivity index (χ0n) is 16.9. The van der Waals surface area contributed by atoms with E-state index in [0.717, 1.165) is 12.1 Å². The molecule has 0 aliphatic carbocycles. The Balaban J connectivity index is 1.94. The van der Waals surface area contributed by atoms with E-state index in [9.17, 15) is 22.7 Å². The third-order valence-corrected chi connectivity index (χ3v) is 5.66. The second-order valence-electron chi connectivity index (χ2n) is 7.36. The van der Waals surface area contributed by atoms with E-state index >= 15 is 0 Å². The molecule has 1 atom stereocenters. The van der Waals surface area contributed by atoms with Gasteiger partial charge in [-0.15, -0.1) is 0 Å². The third kappa shape index (κ3) is 4.86. The quantitative estimate of drug-likeness (QED) is 0.592. The first-order chi connectivity index (χ1) is 14.4. The number of amides is 1. The lowest BCUT2D eigenvalue weighted by Gasteiger charge is -2.12. The Bertz CT molecular complexity index is 1260. The highest BCUT2D eigenvalue weighted by molar-refractivity contribution is 7.89. The Morgan fingerprint density at radius 2 is 2.16 bits per heavy atom. The first-order valence-electron chi connectivity index (χ1n) is 9.02. The van der Waals surface area contributed by atoms with Crippen molar-refractivity contribution in [2.45, 2.75) is 30.4 Å². The van der Waals surface area contributed by atoms with Gasteiger partial charge in [-0.3, -0.25) is 4.79 Å². The molecule has 0 unspecified atom stereocenters. The van der Waals surface area contributed by atoms with Gasteiger partial charge in [-0.2, -0.15) is 9.98 Å². The molecular weight excluding hydrogens is 427 g/mol. The molecule has 0 saturated heterocycles. The van der Waals surface area contributed by atoms with Crippen molar-refractivity contribution >= 4 is 21.6 Å². The van der Waals surface area contributed by atoms with Gasteiger partial charge in [0.1, 0.15) is 35.0 Å². The van der Waals surface area contributed by atoms with Crippen molar-refractivity contribution in [2.24, 2.45) is 7.05 Å². The Morgan fingerprint density at radius 1 is 1.45 bits per heavy atom. The molecule has 0 saturated carbocycles. The van der Waals surface area contributed by atoms with Crippen LogP contribution in [0.15, 0.2) is 29.3 Å². The summed E-state index contributed by atoms with van der Waals surface area (Å²) in [5.74, 6) is 3.54. The van der Waals surface area contributed by atoms with E-state index in [2.05, 4.69) is 21.9 Å². The highest BCUT2D eigenvalue weighted by Crippen LogP contribution is 2.32. The van der Waals surface area contributed by atoms with E-state index in [0.29, 0.717) is 0 Å². The maximum atomic E-state index is 13.5. The Labute approximate surface area is 178 Å². The number of aryl methyl sites for hydroxylation is 1. The van der Waals surface area contributed by atoms with Crippen LogP contribution in [0, 0.1) is 29.0 Å². The standard InChI is InChI=1S/C20H19FN4O5S/c1-20(2,27)7-6-14-11-30-18-16(31(28,29)24-14)10-25(3)17(18)19(26)23-13-4-5-15(21)12(8-13)9-22/h4-5,8,10,14,24,27H,11H2,1-3H3,(H,23,26)/t14-/m0/s1. The summed E-state index contributed by atoms with van der Waals surface area (Å²) in [6.45, 7) is 2.71. The van der Waals surface area contributed by atoms with Crippen LogP contribution in [0.5, 0.6) is 5.75 Å². The minimum atomic E-state index is -4.07. The molecule has 11 heteroatoms. The number of nitrogens with one attached hydrogen (secondary N) is 2. The zero-order chi connectivity index (χ0) is 23.0. The van der Waals surface area contributed by atoms with Crippen molar-refractivity contribution in [3.05, 3.63) is 41.5 Å². The van der Waals surface area contributed by atoms with Crippen LogP contribution in [0.2, 0.25) is 0 Å². The molecule has 1 aromatic carbocycles. The summed E-state index contributed by atoms with van der Waals surface area (Å²) in [5.41, 5.74) is -1.50. The summed E-state index contributed by atoms with van der Waals surface area (Å²) in [6, 6.07) is 4.21. The second-order valence-corrected chi connectivity index (χ2v) is 9.04. The van der Waals surface area contributed by atoms with E-state index in [1.807, 2.05) is 0 Å². The SMILES string of the molecule is Cn1cc2c(c1C(=O)Nc1ccc(F)c(C#N)c1)OC[C@H](C#CC(C)(C)O)NS2(=O)=O. The van der Waals surface area contributed by atoms with Crippen molar-refractivity contribution in [3.63, 3.8) is 0 Å². The topological polar surface area (TPSA) is 133 Å². The van der Waals surface area contributed by atoms with Gasteiger partial charge in [0.25, 0.3) is 5.91 Å². The van der Waals surface area contributed by atoms with Gasteiger partial charge in [0, 0.05) is 18.9 Å². The Kier molecular flexibility index (Phi) is 5.79. The fourth-order valence-electron chi connectivity index (χ4n) is 2.84. The van der Waals surface area contributed by atoms with Crippen LogP contribution in [0.3, 0.4) is 0 Å². The number of carbonyl (C=O) groups is 1. The molecule has 31 heavy (non-hydrogen) atoms. The number of nitrogens with zero attached hydrogens (tertiary/aromatic N) is 2. The maximum Gasteiger partial charge on any atom is 0.276 e. The molecular formula is C20H19FN4O5S. The molecule has 9 nitrogen and oxygen atoms in total. The summed E-state index contributed by atoms with van der Waals surface area (Å²) in [7, 11) is -2.60. The van der Waals surface area contributed by atoms with Gasteiger partial charge in [0.05, 0.1) is 5.56 Å². The molecule has 1 aromatic heterocycles. The molecule has 1 amide bonds. The van der Waals surface area contributed by atoms with Gasteiger partial charge in [-0.25, -0.2) is 12.8 Å². The summed E-state index contributed by atoms with van der Waals surface area (Å²) in [6.07, 6.45) is 1.23. The largest absolute Gasteiger partial charge is 0.487 e. The lowest BCUT2D eigenvalue weighted by molar-refractivity contribution is 0.101. The lowest BCUT2D eigenvalue weighted by Crippen LogP contribution is -2.36. The number of benzene rings is 1. The van der Waals surface area contributed by atoms with Crippen molar-refractivity contribution in [1.29, 1.82) is 5.26 Å². The third-order valence-electron chi connectivity index (χ3n) is 4.20. The average Bonchev–Trinajstić information content (AvgIpc) is 2.96. The summed E-state index contributed by atoms with van der Waals surface area (Å²) < 4.78 is 48.3. The number of anilines is 1. The number of carbonyl (C=O) groups excluding carboxylic acids is 1. The number of nitriles is 1. The number of hydrogen-bond donors (Lipinski definition) is 3. The van der Waals surface area contributed by atoms with E-state index in [1.165, 1.54) is 37.7 Å². The molecule has 1 aliphatic rings. The minimum Gasteiger partial charge on any atom is -0.487 e. The van der Waals surface area contributed by atoms with Crippen LogP contribution >= 0.6 is 0 Å². The highest BCUT2D eigenvalue weighted by Gasteiger charge is 2.34. The lowest BCUT2D eigenvalue weighted by atomic mass is 10.1. The normalized spacial score (nSPS) is 17.2. The van der Waals surface area contributed by atoms with E-state index in [4.69, 9.17) is 10.00 Å². The van der Waals surface area contributed by atoms with Gasteiger partial charge in [-0.05, 0) is 32.0 Å².